The molecule has 4 aromatic carbocycles. The lowest BCUT2D eigenvalue weighted by atomic mass is 9.96. The number of anilines is 1. The largest absolute Gasteiger partial charge is 0.379 e. The average molecular weight is 508 g/mol. The van der Waals surface area contributed by atoms with Crippen molar-refractivity contribution in [1.29, 1.82) is 0 Å². The van der Waals surface area contributed by atoms with E-state index in [4.69, 9.17) is 27.9 Å². The number of fused-ring (bicyclic) bond motifs is 2. The molecule has 0 aliphatic carbocycles. The number of ether oxygens (including phenoxy) is 1. The summed E-state index contributed by atoms with van der Waals surface area (Å²) in [6.45, 7) is 5.01. The minimum absolute atomic E-state index is 0.195. The van der Waals surface area contributed by atoms with Crippen molar-refractivity contribution < 1.29 is 9.53 Å². The topological polar surface area (TPSA) is 44.8 Å². The Morgan fingerprint density at radius 3 is 2.23 bits per heavy atom. The van der Waals surface area contributed by atoms with Crippen molar-refractivity contribution in [2.45, 2.75) is 6.54 Å². The first-order chi connectivity index (χ1) is 17.1. The molecule has 1 aliphatic heterocycles. The van der Waals surface area contributed by atoms with Crippen LogP contribution in [0.15, 0.2) is 72.8 Å². The summed E-state index contributed by atoms with van der Waals surface area (Å²) in [5.41, 5.74) is 1.68. The van der Waals surface area contributed by atoms with E-state index in [-0.39, 0.29) is 6.03 Å². The van der Waals surface area contributed by atoms with Crippen LogP contribution in [0.5, 0.6) is 0 Å². The van der Waals surface area contributed by atoms with Crippen molar-refractivity contribution in [3.63, 3.8) is 0 Å². The van der Waals surface area contributed by atoms with Crippen molar-refractivity contribution in [3.8, 4) is 0 Å². The predicted octanol–water partition coefficient (Wildman–Crippen LogP) is 6.67. The molecule has 5 nitrogen and oxygen atoms in total. The van der Waals surface area contributed by atoms with Gasteiger partial charge >= 0.3 is 6.03 Å². The molecule has 1 heterocycles. The van der Waals surface area contributed by atoms with Gasteiger partial charge < -0.3 is 15.0 Å². The van der Waals surface area contributed by atoms with Crippen molar-refractivity contribution in [3.05, 3.63) is 88.4 Å². The third-order valence-electron chi connectivity index (χ3n) is 6.48. The molecule has 2 amide bonds. The molecule has 0 radical (unpaired) electrons. The van der Waals surface area contributed by atoms with Gasteiger partial charge in [0.2, 0.25) is 0 Å². The summed E-state index contributed by atoms with van der Waals surface area (Å²) in [7, 11) is 0. The van der Waals surface area contributed by atoms with Crippen LogP contribution in [0.2, 0.25) is 10.0 Å². The second-order valence-corrected chi connectivity index (χ2v) is 9.57. The number of hydrogen-bond acceptors (Lipinski definition) is 3. The first-order valence-corrected chi connectivity index (χ1v) is 12.5. The standard InChI is InChI=1S/C28H27Cl2N3O2/c29-22-9-10-27(26(30)18-22)31-28(34)33(12-11-32-13-15-35-16-14-32)19-25-23-7-3-1-5-20(23)17-21-6-2-4-8-24(21)25/h1-10,17-18H,11-16,19H2,(H,31,34). The predicted molar refractivity (Wildman–Crippen MR) is 145 cm³/mol. The minimum Gasteiger partial charge on any atom is -0.379 e. The summed E-state index contributed by atoms with van der Waals surface area (Å²) in [6, 6.07) is 23.8. The average Bonchev–Trinajstić information content (AvgIpc) is 2.88. The van der Waals surface area contributed by atoms with E-state index in [2.05, 4.69) is 40.5 Å². The summed E-state index contributed by atoms with van der Waals surface area (Å²) < 4.78 is 5.49. The van der Waals surface area contributed by atoms with Crippen molar-refractivity contribution in [2.24, 2.45) is 0 Å². The van der Waals surface area contributed by atoms with Crippen LogP contribution in [0.3, 0.4) is 0 Å². The van der Waals surface area contributed by atoms with Gasteiger partial charge in [-0.15, -0.1) is 0 Å². The smallest absolute Gasteiger partial charge is 0.322 e. The molecule has 0 spiro atoms. The number of carbonyl (C=O) groups excluding carboxylic acids is 1. The number of halogens is 2. The minimum atomic E-state index is -0.195. The highest BCUT2D eigenvalue weighted by molar-refractivity contribution is 6.36. The summed E-state index contributed by atoms with van der Waals surface area (Å²) in [6.07, 6.45) is 0. The highest BCUT2D eigenvalue weighted by Gasteiger charge is 2.20. The highest BCUT2D eigenvalue weighted by atomic mass is 35.5. The van der Waals surface area contributed by atoms with Gasteiger partial charge in [0.25, 0.3) is 0 Å². The Morgan fingerprint density at radius 2 is 1.57 bits per heavy atom. The van der Waals surface area contributed by atoms with Gasteiger partial charge in [0, 0.05) is 37.7 Å². The molecular formula is C28H27Cl2N3O2. The number of benzene rings is 4. The van der Waals surface area contributed by atoms with E-state index in [9.17, 15) is 4.79 Å². The zero-order valence-electron chi connectivity index (χ0n) is 19.3. The Kier molecular flexibility index (Phi) is 7.40. The molecular weight excluding hydrogens is 481 g/mol. The van der Waals surface area contributed by atoms with E-state index in [1.165, 1.54) is 0 Å². The molecule has 1 saturated heterocycles. The van der Waals surface area contributed by atoms with Crippen LogP contribution in [0.1, 0.15) is 5.56 Å². The Hall–Kier alpha value is -2.83. The maximum absolute atomic E-state index is 13.6. The molecule has 35 heavy (non-hydrogen) atoms. The van der Waals surface area contributed by atoms with Crippen LogP contribution in [0.4, 0.5) is 10.5 Å². The van der Waals surface area contributed by atoms with E-state index in [1.54, 1.807) is 18.2 Å². The van der Waals surface area contributed by atoms with Gasteiger partial charge in [-0.25, -0.2) is 4.79 Å². The Labute approximate surface area is 215 Å². The molecule has 0 aromatic heterocycles. The maximum atomic E-state index is 13.6. The Balaban J connectivity index is 1.48. The summed E-state index contributed by atoms with van der Waals surface area (Å²) in [5, 5.41) is 8.56. The van der Waals surface area contributed by atoms with E-state index >= 15 is 0 Å². The monoisotopic (exact) mass is 507 g/mol. The van der Waals surface area contributed by atoms with E-state index in [0.717, 1.165) is 60.0 Å². The highest BCUT2D eigenvalue weighted by Crippen LogP contribution is 2.30. The molecule has 0 bridgehead atoms. The molecule has 180 valence electrons. The molecule has 1 N–H and O–H groups in total. The molecule has 0 saturated carbocycles. The van der Waals surface area contributed by atoms with Gasteiger partial charge in [-0.3, -0.25) is 4.90 Å². The zero-order chi connectivity index (χ0) is 24.2. The number of carbonyl (C=O) groups is 1. The number of morpholine rings is 1. The van der Waals surface area contributed by atoms with E-state index in [1.807, 2.05) is 29.2 Å². The van der Waals surface area contributed by atoms with Crippen molar-refractivity contribution in [1.82, 2.24) is 9.80 Å². The number of amides is 2. The quantitative estimate of drug-likeness (QED) is 0.296. The fourth-order valence-corrected chi connectivity index (χ4v) is 5.05. The number of nitrogens with one attached hydrogen (secondary N) is 1. The third kappa shape index (κ3) is 5.54. The maximum Gasteiger partial charge on any atom is 0.322 e. The molecule has 1 fully saturated rings. The molecule has 7 heteroatoms. The van der Waals surface area contributed by atoms with Crippen LogP contribution in [-0.2, 0) is 11.3 Å². The number of nitrogens with zero attached hydrogens (tertiary/aromatic N) is 2. The van der Waals surface area contributed by atoms with Gasteiger partial charge in [0.1, 0.15) is 0 Å². The lowest BCUT2D eigenvalue weighted by molar-refractivity contribution is 0.0349. The SMILES string of the molecule is O=C(Nc1ccc(Cl)cc1Cl)N(CCN1CCOCC1)Cc1c2ccccc2cc2ccccc12. The fraction of sp³-hybridized carbons (Fsp3) is 0.250. The van der Waals surface area contributed by atoms with Gasteiger partial charge in [-0.05, 0) is 51.4 Å². The third-order valence-corrected chi connectivity index (χ3v) is 7.03. The molecule has 0 atom stereocenters. The second-order valence-electron chi connectivity index (χ2n) is 8.73. The van der Waals surface area contributed by atoms with Crippen LogP contribution < -0.4 is 5.32 Å². The Bertz CT molecular complexity index is 1300. The van der Waals surface area contributed by atoms with Gasteiger partial charge in [-0.2, -0.15) is 0 Å². The normalized spacial score (nSPS) is 14.3. The lowest BCUT2D eigenvalue weighted by Crippen LogP contribution is -2.44. The first kappa shape index (κ1) is 23.9. The van der Waals surface area contributed by atoms with Gasteiger partial charge in [0.05, 0.1) is 23.9 Å². The van der Waals surface area contributed by atoms with Gasteiger partial charge in [-0.1, -0.05) is 71.7 Å². The fourth-order valence-electron chi connectivity index (χ4n) is 4.59. The van der Waals surface area contributed by atoms with E-state index < -0.39 is 0 Å². The second kappa shape index (κ2) is 10.8. The molecule has 0 unspecified atom stereocenters. The molecule has 5 rings (SSSR count). The summed E-state index contributed by atoms with van der Waals surface area (Å²) in [5.74, 6) is 0. The zero-order valence-corrected chi connectivity index (χ0v) is 20.9. The number of urea groups is 1. The first-order valence-electron chi connectivity index (χ1n) is 11.8. The molecule has 1 aliphatic rings. The van der Waals surface area contributed by atoms with Crippen LogP contribution in [0, 0.1) is 0 Å². The summed E-state index contributed by atoms with van der Waals surface area (Å²) in [4.78, 5) is 17.8. The van der Waals surface area contributed by atoms with Crippen molar-refractivity contribution >= 4 is 56.5 Å². The number of hydrogen-bond donors (Lipinski definition) is 1. The van der Waals surface area contributed by atoms with Crippen molar-refractivity contribution in [2.75, 3.05) is 44.7 Å². The van der Waals surface area contributed by atoms with Crippen LogP contribution in [0.25, 0.3) is 21.5 Å². The van der Waals surface area contributed by atoms with Crippen LogP contribution >= 0.6 is 23.2 Å². The molecule has 4 aromatic rings. The summed E-state index contributed by atoms with van der Waals surface area (Å²) >= 11 is 12.4. The van der Waals surface area contributed by atoms with E-state index in [0.29, 0.717) is 28.8 Å². The van der Waals surface area contributed by atoms with Crippen LogP contribution in [-0.4, -0.2) is 55.2 Å². The van der Waals surface area contributed by atoms with Gasteiger partial charge in [0.15, 0.2) is 0 Å². The Morgan fingerprint density at radius 1 is 0.914 bits per heavy atom. The lowest BCUT2D eigenvalue weighted by Gasteiger charge is -2.31. The number of rotatable bonds is 6.